The normalized spacial score (nSPS) is 17.5. The van der Waals surface area contributed by atoms with Crippen molar-refractivity contribution in [1.82, 2.24) is 10.2 Å². The highest BCUT2D eigenvalue weighted by Gasteiger charge is 2.35. The predicted octanol–water partition coefficient (Wildman–Crippen LogP) is 2.60. The number of nitrogens with zero attached hydrogens (tertiary/aromatic N) is 1. The van der Waals surface area contributed by atoms with Crippen LogP contribution in [0.15, 0.2) is 47.8 Å². The summed E-state index contributed by atoms with van der Waals surface area (Å²) in [6.45, 7) is 1.13. The van der Waals surface area contributed by atoms with Crippen molar-refractivity contribution in [3.8, 4) is 0 Å². The Morgan fingerprint density at radius 1 is 1.22 bits per heavy atom. The molecule has 1 aliphatic rings. The third kappa shape index (κ3) is 3.99. The molecule has 0 unspecified atom stereocenters. The van der Waals surface area contributed by atoms with Gasteiger partial charge < -0.3 is 10.2 Å². The molecule has 1 fully saturated rings. The van der Waals surface area contributed by atoms with E-state index in [4.69, 9.17) is 0 Å². The van der Waals surface area contributed by atoms with E-state index in [1.807, 2.05) is 47.8 Å². The SMILES string of the molecule is O=C(NCCc1ccccc1)[C@@H]1CCC(=O)N1Cc1cccs1. The quantitative estimate of drug-likeness (QED) is 0.886. The zero-order valence-electron chi connectivity index (χ0n) is 12.9. The maximum Gasteiger partial charge on any atom is 0.242 e. The van der Waals surface area contributed by atoms with Gasteiger partial charge in [-0.25, -0.2) is 0 Å². The van der Waals surface area contributed by atoms with E-state index in [-0.39, 0.29) is 17.9 Å². The molecule has 1 N–H and O–H groups in total. The summed E-state index contributed by atoms with van der Waals surface area (Å²) in [6.07, 6.45) is 1.88. The number of benzene rings is 1. The molecule has 2 heterocycles. The standard InChI is InChI=1S/C18H20N2O2S/c21-17-9-8-16(20(17)13-15-7-4-12-23-15)18(22)19-11-10-14-5-2-1-3-6-14/h1-7,12,16H,8-11,13H2,(H,19,22)/t16-/m0/s1. The van der Waals surface area contributed by atoms with Gasteiger partial charge in [-0.3, -0.25) is 9.59 Å². The summed E-state index contributed by atoms with van der Waals surface area (Å²) >= 11 is 1.62. The zero-order chi connectivity index (χ0) is 16.1. The second kappa shape index (κ2) is 7.42. The summed E-state index contributed by atoms with van der Waals surface area (Å²) in [4.78, 5) is 27.3. The Labute approximate surface area is 140 Å². The molecule has 1 atom stereocenters. The molecule has 0 radical (unpaired) electrons. The number of hydrogen-bond acceptors (Lipinski definition) is 3. The fourth-order valence-electron chi connectivity index (χ4n) is 2.87. The van der Waals surface area contributed by atoms with Crippen LogP contribution >= 0.6 is 11.3 Å². The number of amides is 2. The summed E-state index contributed by atoms with van der Waals surface area (Å²) in [5, 5.41) is 4.96. The Bertz CT molecular complexity index is 655. The summed E-state index contributed by atoms with van der Waals surface area (Å²) in [6, 6.07) is 13.7. The average Bonchev–Trinajstić information content (AvgIpc) is 3.20. The maximum atomic E-state index is 12.4. The van der Waals surface area contributed by atoms with Crippen LogP contribution in [0.2, 0.25) is 0 Å². The van der Waals surface area contributed by atoms with Gasteiger partial charge in [-0.15, -0.1) is 11.3 Å². The molecule has 0 bridgehead atoms. The van der Waals surface area contributed by atoms with Gasteiger partial charge in [-0.2, -0.15) is 0 Å². The number of carbonyl (C=O) groups is 2. The Morgan fingerprint density at radius 3 is 2.78 bits per heavy atom. The van der Waals surface area contributed by atoms with Crippen LogP contribution in [0.25, 0.3) is 0 Å². The second-order valence-electron chi connectivity index (χ2n) is 5.68. The first-order valence-electron chi connectivity index (χ1n) is 7.87. The molecule has 1 saturated heterocycles. The number of thiophene rings is 1. The highest BCUT2D eigenvalue weighted by Crippen LogP contribution is 2.23. The van der Waals surface area contributed by atoms with E-state index in [1.54, 1.807) is 16.2 Å². The Balaban J connectivity index is 1.54. The highest BCUT2D eigenvalue weighted by molar-refractivity contribution is 7.09. The van der Waals surface area contributed by atoms with E-state index in [9.17, 15) is 9.59 Å². The fraction of sp³-hybridized carbons (Fsp3) is 0.333. The van der Waals surface area contributed by atoms with Gasteiger partial charge >= 0.3 is 0 Å². The molecular weight excluding hydrogens is 308 g/mol. The van der Waals surface area contributed by atoms with Gasteiger partial charge in [0, 0.05) is 17.8 Å². The lowest BCUT2D eigenvalue weighted by Gasteiger charge is -2.23. The molecular formula is C18H20N2O2S. The van der Waals surface area contributed by atoms with Crippen LogP contribution in [0.5, 0.6) is 0 Å². The van der Waals surface area contributed by atoms with Gasteiger partial charge in [0.25, 0.3) is 0 Å². The van der Waals surface area contributed by atoms with Gasteiger partial charge in [0.05, 0.1) is 6.54 Å². The molecule has 0 saturated carbocycles. The molecule has 0 aliphatic carbocycles. The van der Waals surface area contributed by atoms with E-state index >= 15 is 0 Å². The fourth-order valence-corrected chi connectivity index (χ4v) is 3.57. The van der Waals surface area contributed by atoms with Gasteiger partial charge in [0.1, 0.15) is 6.04 Å². The van der Waals surface area contributed by atoms with Gasteiger partial charge in [-0.1, -0.05) is 36.4 Å². The van der Waals surface area contributed by atoms with E-state index < -0.39 is 0 Å². The van der Waals surface area contributed by atoms with Crippen molar-refractivity contribution < 1.29 is 9.59 Å². The van der Waals surface area contributed by atoms with E-state index in [1.165, 1.54) is 5.56 Å². The minimum Gasteiger partial charge on any atom is -0.354 e. The summed E-state index contributed by atoms with van der Waals surface area (Å²) in [5.74, 6) is 0.0324. The van der Waals surface area contributed by atoms with Crippen molar-refractivity contribution in [3.63, 3.8) is 0 Å². The number of hydrogen-bond donors (Lipinski definition) is 1. The first-order valence-corrected chi connectivity index (χ1v) is 8.75. The van der Waals surface area contributed by atoms with Crippen molar-refractivity contribution in [3.05, 3.63) is 58.3 Å². The molecule has 1 aliphatic heterocycles. The lowest BCUT2D eigenvalue weighted by Crippen LogP contribution is -2.44. The topological polar surface area (TPSA) is 49.4 Å². The van der Waals surface area contributed by atoms with E-state index in [2.05, 4.69) is 5.32 Å². The average molecular weight is 328 g/mol. The minimum atomic E-state index is -0.333. The van der Waals surface area contributed by atoms with E-state index in [0.717, 1.165) is 11.3 Å². The van der Waals surface area contributed by atoms with Crippen molar-refractivity contribution in [2.24, 2.45) is 0 Å². The summed E-state index contributed by atoms with van der Waals surface area (Å²) in [5.41, 5.74) is 1.20. The van der Waals surface area contributed by atoms with Gasteiger partial charge in [0.15, 0.2) is 0 Å². The van der Waals surface area contributed by atoms with E-state index in [0.29, 0.717) is 25.9 Å². The van der Waals surface area contributed by atoms with Gasteiger partial charge in [0.2, 0.25) is 11.8 Å². The monoisotopic (exact) mass is 328 g/mol. The summed E-state index contributed by atoms with van der Waals surface area (Å²) < 4.78 is 0. The van der Waals surface area contributed by atoms with Crippen LogP contribution in [0.1, 0.15) is 23.3 Å². The van der Waals surface area contributed by atoms with Crippen molar-refractivity contribution in [1.29, 1.82) is 0 Å². The molecule has 5 heteroatoms. The van der Waals surface area contributed by atoms with Crippen molar-refractivity contribution >= 4 is 23.2 Å². The smallest absolute Gasteiger partial charge is 0.242 e. The molecule has 2 aromatic rings. The molecule has 0 spiro atoms. The van der Waals surface area contributed by atoms with Crippen molar-refractivity contribution in [2.75, 3.05) is 6.54 Å². The highest BCUT2D eigenvalue weighted by atomic mass is 32.1. The minimum absolute atomic E-state index is 0.0386. The number of rotatable bonds is 6. The Hall–Kier alpha value is -2.14. The third-order valence-electron chi connectivity index (χ3n) is 4.09. The predicted molar refractivity (Wildman–Crippen MR) is 91.0 cm³/mol. The molecule has 3 rings (SSSR count). The largest absolute Gasteiger partial charge is 0.354 e. The van der Waals surface area contributed by atoms with Crippen LogP contribution in [-0.4, -0.2) is 29.3 Å². The molecule has 120 valence electrons. The van der Waals surface area contributed by atoms with Crippen LogP contribution in [0.4, 0.5) is 0 Å². The lowest BCUT2D eigenvalue weighted by atomic mass is 10.1. The maximum absolute atomic E-state index is 12.4. The van der Waals surface area contributed by atoms with Gasteiger partial charge in [-0.05, 0) is 29.9 Å². The molecule has 4 nitrogen and oxygen atoms in total. The van der Waals surface area contributed by atoms with Crippen LogP contribution in [-0.2, 0) is 22.6 Å². The number of nitrogens with one attached hydrogen (secondary N) is 1. The first kappa shape index (κ1) is 15.7. The summed E-state index contributed by atoms with van der Waals surface area (Å²) in [7, 11) is 0. The van der Waals surface area contributed by atoms with Crippen LogP contribution in [0.3, 0.4) is 0 Å². The number of carbonyl (C=O) groups excluding carboxylic acids is 2. The Morgan fingerprint density at radius 2 is 2.04 bits per heavy atom. The van der Waals surface area contributed by atoms with Crippen molar-refractivity contribution in [2.45, 2.75) is 31.8 Å². The third-order valence-corrected chi connectivity index (χ3v) is 4.95. The lowest BCUT2D eigenvalue weighted by molar-refractivity contribution is -0.135. The Kier molecular flexibility index (Phi) is 5.08. The molecule has 1 aromatic carbocycles. The second-order valence-corrected chi connectivity index (χ2v) is 6.71. The molecule has 23 heavy (non-hydrogen) atoms. The van der Waals surface area contributed by atoms with Crippen LogP contribution < -0.4 is 5.32 Å². The molecule has 2 amide bonds. The molecule has 1 aromatic heterocycles. The number of likely N-dealkylation sites (tertiary alicyclic amines) is 1. The van der Waals surface area contributed by atoms with Crippen LogP contribution in [0, 0.1) is 0 Å². The zero-order valence-corrected chi connectivity index (χ0v) is 13.7. The first-order chi connectivity index (χ1) is 11.2.